The SMILES string of the molecule is CCOC(=O)c1c(N2CCN(C(=O)c3ccco3)CC2)c2ccccc2n(Cc2ccc(F)cc2)c1=O.CCl.N. The summed E-state index contributed by atoms with van der Waals surface area (Å²) in [6, 6.07) is 16.6. The summed E-state index contributed by atoms with van der Waals surface area (Å²) in [6.07, 6.45) is 2.93. The first-order valence-electron chi connectivity index (χ1n) is 12.5. The van der Waals surface area contributed by atoms with Crippen LogP contribution in [0.3, 0.4) is 0 Å². The second-order valence-electron chi connectivity index (χ2n) is 8.74. The average molecular weight is 571 g/mol. The molecule has 3 N–H and O–H groups in total. The van der Waals surface area contributed by atoms with E-state index < -0.39 is 11.5 Å². The van der Waals surface area contributed by atoms with Gasteiger partial charge in [0, 0.05) is 37.9 Å². The lowest BCUT2D eigenvalue weighted by Gasteiger charge is -2.37. The van der Waals surface area contributed by atoms with E-state index in [4.69, 9.17) is 9.15 Å². The number of carbonyl (C=O) groups excluding carboxylic acids is 2. The van der Waals surface area contributed by atoms with Crippen LogP contribution in [0.4, 0.5) is 10.1 Å². The lowest BCUT2D eigenvalue weighted by atomic mass is 10.0. The van der Waals surface area contributed by atoms with Crippen LogP contribution in [-0.2, 0) is 11.3 Å². The summed E-state index contributed by atoms with van der Waals surface area (Å²) in [7, 11) is 0. The first-order valence-corrected chi connectivity index (χ1v) is 13.3. The highest BCUT2D eigenvalue weighted by atomic mass is 35.5. The third-order valence-corrected chi connectivity index (χ3v) is 6.49. The molecule has 4 aromatic rings. The summed E-state index contributed by atoms with van der Waals surface area (Å²) < 4.78 is 25.5. The Morgan fingerprint density at radius 2 is 1.65 bits per heavy atom. The van der Waals surface area contributed by atoms with Gasteiger partial charge in [-0.15, -0.1) is 11.6 Å². The highest BCUT2D eigenvalue weighted by molar-refractivity contribution is 6.15. The standard InChI is InChI=1S/C28H26FN3O5.CH3Cl.H3N/c1-2-36-28(35)24-25(30-13-15-31(16-14-30)26(33)23-8-5-17-37-23)21-6-3-4-7-22(21)32(27(24)34)18-19-9-11-20(29)12-10-19;1-2;/h3-12,17H,2,13-16,18H2,1H3;1H3;1H3. The molecule has 2 aromatic carbocycles. The predicted octanol–water partition coefficient (Wildman–Crippen LogP) is 4.94. The molecule has 0 unspecified atom stereocenters. The van der Waals surface area contributed by atoms with Crippen molar-refractivity contribution in [2.24, 2.45) is 0 Å². The summed E-state index contributed by atoms with van der Waals surface area (Å²) >= 11 is 4.64. The summed E-state index contributed by atoms with van der Waals surface area (Å²) in [5, 5.41) is 0.720. The zero-order valence-corrected chi connectivity index (χ0v) is 23.2. The number of piperazine rings is 1. The van der Waals surface area contributed by atoms with Gasteiger partial charge in [-0.2, -0.15) is 0 Å². The van der Waals surface area contributed by atoms with Crippen LogP contribution in [0.25, 0.3) is 10.9 Å². The third kappa shape index (κ3) is 6.19. The number of anilines is 1. The number of alkyl halides is 1. The lowest BCUT2D eigenvalue weighted by molar-refractivity contribution is 0.0523. The molecule has 0 aliphatic carbocycles. The molecule has 9 nitrogen and oxygen atoms in total. The van der Waals surface area contributed by atoms with E-state index in [1.807, 2.05) is 29.2 Å². The second kappa shape index (κ2) is 13.8. The van der Waals surface area contributed by atoms with Crippen LogP contribution in [0, 0.1) is 5.82 Å². The Labute approximate surface area is 236 Å². The van der Waals surface area contributed by atoms with Gasteiger partial charge in [0.1, 0.15) is 11.4 Å². The number of aromatic nitrogens is 1. The molecule has 212 valence electrons. The number of rotatable bonds is 6. The average Bonchev–Trinajstić information content (AvgIpc) is 3.51. The fraction of sp³-hybridized carbons (Fsp3) is 0.276. The molecule has 0 saturated carbocycles. The van der Waals surface area contributed by atoms with Crippen molar-refractivity contribution in [1.29, 1.82) is 0 Å². The maximum atomic E-state index is 13.8. The second-order valence-corrected chi connectivity index (χ2v) is 8.74. The number of halogens is 2. The van der Waals surface area contributed by atoms with Gasteiger partial charge < -0.3 is 29.7 Å². The van der Waals surface area contributed by atoms with Gasteiger partial charge in [0.25, 0.3) is 11.5 Å². The Balaban J connectivity index is 0.00000144. The molecule has 1 fully saturated rings. The van der Waals surface area contributed by atoms with Gasteiger partial charge in [-0.1, -0.05) is 30.3 Å². The minimum absolute atomic E-state index is 0. The van der Waals surface area contributed by atoms with Crippen LogP contribution < -0.4 is 16.6 Å². The molecular formula is C29H32ClFN4O5. The molecule has 11 heteroatoms. The van der Waals surface area contributed by atoms with E-state index in [0.717, 1.165) is 10.9 Å². The van der Waals surface area contributed by atoms with Gasteiger partial charge in [0.15, 0.2) is 5.76 Å². The smallest absolute Gasteiger partial charge is 0.345 e. The van der Waals surface area contributed by atoms with Crippen LogP contribution >= 0.6 is 11.6 Å². The number of hydrogen-bond donors (Lipinski definition) is 1. The number of hydrogen-bond acceptors (Lipinski definition) is 7. The van der Waals surface area contributed by atoms with Crippen molar-refractivity contribution in [3.8, 4) is 0 Å². The minimum atomic E-state index is -0.699. The molecule has 5 rings (SSSR count). The molecular weight excluding hydrogens is 539 g/mol. The number of furan rings is 1. The number of amides is 1. The molecule has 1 amide bonds. The number of nitrogens with zero attached hydrogens (tertiary/aromatic N) is 3. The van der Waals surface area contributed by atoms with Crippen molar-refractivity contribution < 1.29 is 23.1 Å². The molecule has 0 radical (unpaired) electrons. The van der Waals surface area contributed by atoms with Crippen LogP contribution in [0.15, 0.2) is 76.1 Å². The number of carbonyl (C=O) groups is 2. The lowest BCUT2D eigenvalue weighted by Crippen LogP contribution is -2.49. The molecule has 1 saturated heterocycles. The van der Waals surface area contributed by atoms with Crippen molar-refractivity contribution in [2.75, 3.05) is 44.1 Å². The molecule has 1 aliphatic rings. The zero-order valence-electron chi connectivity index (χ0n) is 22.4. The first kappa shape index (κ1) is 30.4. The first-order chi connectivity index (χ1) is 19.0. The van der Waals surface area contributed by atoms with Gasteiger partial charge in [-0.05, 0) is 42.8 Å². The number of benzene rings is 2. The Kier molecular flexibility index (Phi) is 10.5. The fourth-order valence-corrected chi connectivity index (χ4v) is 4.72. The third-order valence-electron chi connectivity index (χ3n) is 6.49. The van der Waals surface area contributed by atoms with Crippen LogP contribution in [0.5, 0.6) is 0 Å². The fourth-order valence-electron chi connectivity index (χ4n) is 4.72. The highest BCUT2D eigenvalue weighted by Crippen LogP contribution is 2.31. The van der Waals surface area contributed by atoms with Crippen molar-refractivity contribution >= 4 is 40.1 Å². The van der Waals surface area contributed by atoms with Gasteiger partial charge >= 0.3 is 5.97 Å². The Bertz CT molecular complexity index is 1500. The molecule has 2 aromatic heterocycles. The summed E-state index contributed by atoms with van der Waals surface area (Å²) in [4.78, 5) is 43.4. The number of para-hydroxylation sites is 1. The highest BCUT2D eigenvalue weighted by Gasteiger charge is 2.30. The zero-order chi connectivity index (χ0) is 27.9. The molecule has 0 atom stereocenters. The van der Waals surface area contributed by atoms with Crippen molar-refractivity contribution in [1.82, 2.24) is 15.6 Å². The quantitative estimate of drug-likeness (QED) is 0.257. The van der Waals surface area contributed by atoms with E-state index in [9.17, 15) is 18.8 Å². The van der Waals surface area contributed by atoms with E-state index in [-0.39, 0.29) is 42.4 Å². The Hall–Kier alpha value is -4.15. The number of fused-ring (bicyclic) bond motifs is 1. The van der Waals surface area contributed by atoms with Crippen molar-refractivity contribution in [3.05, 3.63) is 100.0 Å². The maximum absolute atomic E-state index is 13.8. The molecule has 1 aliphatic heterocycles. The number of esters is 1. The summed E-state index contributed by atoms with van der Waals surface area (Å²) in [5.74, 6) is -0.993. The summed E-state index contributed by atoms with van der Waals surface area (Å²) in [5.41, 5.74) is 1.34. The predicted molar refractivity (Wildman–Crippen MR) is 153 cm³/mol. The van der Waals surface area contributed by atoms with Gasteiger partial charge in [-0.25, -0.2) is 9.18 Å². The van der Waals surface area contributed by atoms with Crippen LogP contribution in [0.1, 0.15) is 33.4 Å². The van der Waals surface area contributed by atoms with Gasteiger partial charge in [-0.3, -0.25) is 9.59 Å². The van der Waals surface area contributed by atoms with E-state index in [0.29, 0.717) is 37.4 Å². The molecule has 40 heavy (non-hydrogen) atoms. The van der Waals surface area contributed by atoms with Crippen LogP contribution in [-0.4, -0.2) is 60.5 Å². The topological polar surface area (TPSA) is 120 Å². The molecule has 0 bridgehead atoms. The van der Waals surface area contributed by atoms with Gasteiger partial charge in [0.05, 0.1) is 30.6 Å². The van der Waals surface area contributed by atoms with E-state index in [1.165, 1.54) is 29.3 Å². The van der Waals surface area contributed by atoms with Gasteiger partial charge in [0.2, 0.25) is 0 Å². The van der Waals surface area contributed by atoms with E-state index >= 15 is 0 Å². The number of ether oxygens (including phenoxy) is 1. The molecule has 0 spiro atoms. The molecule has 3 heterocycles. The number of pyridine rings is 1. The Morgan fingerprint density at radius 1 is 0.975 bits per heavy atom. The largest absolute Gasteiger partial charge is 0.462 e. The van der Waals surface area contributed by atoms with Crippen molar-refractivity contribution in [3.63, 3.8) is 0 Å². The van der Waals surface area contributed by atoms with E-state index in [2.05, 4.69) is 11.6 Å². The summed E-state index contributed by atoms with van der Waals surface area (Å²) in [6.45, 7) is 3.61. The monoisotopic (exact) mass is 570 g/mol. The Morgan fingerprint density at radius 3 is 2.27 bits per heavy atom. The van der Waals surface area contributed by atoms with E-state index in [1.54, 1.807) is 36.1 Å². The van der Waals surface area contributed by atoms with Crippen molar-refractivity contribution in [2.45, 2.75) is 13.5 Å². The maximum Gasteiger partial charge on any atom is 0.345 e. The minimum Gasteiger partial charge on any atom is -0.462 e. The normalized spacial score (nSPS) is 12.8. The van der Waals surface area contributed by atoms with Crippen LogP contribution in [0.2, 0.25) is 0 Å².